The summed E-state index contributed by atoms with van der Waals surface area (Å²) in [6.45, 7) is 6.01. The zero-order valence-corrected chi connectivity index (χ0v) is 7.29. The third-order valence-corrected chi connectivity index (χ3v) is 1.16. The first-order valence-electron chi connectivity index (χ1n) is 3.76. The van der Waals surface area contributed by atoms with Crippen molar-refractivity contribution in [3.63, 3.8) is 0 Å². The summed E-state index contributed by atoms with van der Waals surface area (Å²) >= 11 is 0. The fraction of sp³-hybridized carbons (Fsp3) is 0.333. The Bertz CT molecular complexity index is 181. The lowest BCUT2D eigenvalue weighted by molar-refractivity contribution is 0.334. The quantitative estimate of drug-likeness (QED) is 0.628. The fourth-order valence-corrected chi connectivity index (χ4v) is 0.617. The van der Waals surface area contributed by atoms with E-state index < -0.39 is 0 Å². The minimum Gasteiger partial charge on any atom is -0.412 e. The Balaban J connectivity index is 0.000000461. The molecule has 2 nitrogen and oxygen atoms in total. The number of benzene rings is 1. The summed E-state index contributed by atoms with van der Waals surface area (Å²) in [7, 11) is 0. The Morgan fingerprint density at radius 1 is 1.09 bits per heavy atom. The first-order valence-corrected chi connectivity index (χ1v) is 3.76. The van der Waals surface area contributed by atoms with Crippen LogP contribution in [0.5, 0.6) is 5.75 Å². The molecule has 0 heterocycles. The Hall–Kier alpha value is -1.02. The maximum atomic E-state index is 4.90. The first kappa shape index (κ1) is 9.98. The smallest absolute Gasteiger partial charge is 0.146 e. The van der Waals surface area contributed by atoms with Gasteiger partial charge in [0.05, 0.1) is 0 Å². The fourth-order valence-electron chi connectivity index (χ4n) is 0.617. The van der Waals surface area contributed by atoms with E-state index >= 15 is 0 Å². The molecule has 1 aromatic rings. The minimum atomic E-state index is 0.695. The van der Waals surface area contributed by atoms with E-state index in [1.54, 1.807) is 0 Å². The predicted octanol–water partition coefficient (Wildman–Crippen LogP) is 2.27. The Labute approximate surface area is 67.9 Å². The van der Waals surface area contributed by atoms with Crippen molar-refractivity contribution in [1.29, 1.82) is 0 Å². The van der Waals surface area contributed by atoms with Crippen LogP contribution < -0.4 is 10.7 Å². The van der Waals surface area contributed by atoms with Gasteiger partial charge in [0.2, 0.25) is 0 Å². The average molecular weight is 153 g/mol. The van der Waals surface area contributed by atoms with Gasteiger partial charge >= 0.3 is 0 Å². The highest BCUT2D eigenvalue weighted by molar-refractivity contribution is 5.25. The van der Waals surface area contributed by atoms with Crippen LogP contribution in [-0.4, -0.2) is 0 Å². The van der Waals surface area contributed by atoms with E-state index in [1.807, 2.05) is 45.0 Å². The predicted molar refractivity (Wildman–Crippen MR) is 47.3 cm³/mol. The lowest BCUT2D eigenvalue weighted by Gasteiger charge is -1.95. The summed E-state index contributed by atoms with van der Waals surface area (Å²) in [6, 6.07) is 7.55. The van der Waals surface area contributed by atoms with Gasteiger partial charge < -0.3 is 4.84 Å². The number of aryl methyl sites for hydroxylation is 1. The highest BCUT2D eigenvalue weighted by Crippen LogP contribution is 2.08. The van der Waals surface area contributed by atoms with Crippen LogP contribution in [0.2, 0.25) is 0 Å². The summed E-state index contributed by atoms with van der Waals surface area (Å²) in [5, 5.41) is 0. The number of hydrogen-bond acceptors (Lipinski definition) is 2. The molecular formula is C9H15NO. The van der Waals surface area contributed by atoms with E-state index in [4.69, 9.17) is 5.90 Å². The van der Waals surface area contributed by atoms with E-state index in [2.05, 4.69) is 4.84 Å². The molecule has 0 spiro atoms. The highest BCUT2D eigenvalue weighted by atomic mass is 16.6. The van der Waals surface area contributed by atoms with E-state index in [9.17, 15) is 0 Å². The summed E-state index contributed by atoms with van der Waals surface area (Å²) in [5.41, 5.74) is 1.20. The summed E-state index contributed by atoms with van der Waals surface area (Å²) in [6.07, 6.45) is 0. The van der Waals surface area contributed by atoms with Crippen LogP contribution in [0, 0.1) is 6.92 Å². The van der Waals surface area contributed by atoms with Gasteiger partial charge in [-0.1, -0.05) is 31.5 Å². The molecule has 0 fully saturated rings. The molecule has 2 N–H and O–H groups in total. The highest BCUT2D eigenvalue weighted by Gasteiger charge is 1.86. The van der Waals surface area contributed by atoms with E-state index in [0.717, 1.165) is 0 Å². The lowest BCUT2D eigenvalue weighted by atomic mass is 10.2. The molecule has 11 heavy (non-hydrogen) atoms. The zero-order valence-electron chi connectivity index (χ0n) is 7.29. The molecule has 1 aromatic carbocycles. The lowest BCUT2D eigenvalue weighted by Crippen LogP contribution is -2.00. The molecule has 0 unspecified atom stereocenters. The van der Waals surface area contributed by atoms with Crippen molar-refractivity contribution in [2.24, 2.45) is 5.90 Å². The van der Waals surface area contributed by atoms with Crippen LogP contribution in [0.1, 0.15) is 19.4 Å². The molecule has 1 rings (SSSR count). The van der Waals surface area contributed by atoms with Crippen LogP contribution in [0.4, 0.5) is 0 Å². The molecule has 0 aromatic heterocycles. The number of nitrogens with two attached hydrogens (primary N) is 1. The van der Waals surface area contributed by atoms with E-state index in [-0.39, 0.29) is 0 Å². The van der Waals surface area contributed by atoms with Gasteiger partial charge in [-0.25, -0.2) is 0 Å². The van der Waals surface area contributed by atoms with Gasteiger partial charge in [-0.2, -0.15) is 5.90 Å². The molecule has 0 amide bonds. The van der Waals surface area contributed by atoms with Crippen LogP contribution in [0.3, 0.4) is 0 Å². The monoisotopic (exact) mass is 153 g/mol. The Kier molecular flexibility index (Phi) is 5.21. The summed E-state index contributed by atoms with van der Waals surface area (Å²) in [5.74, 6) is 5.59. The molecule has 62 valence electrons. The van der Waals surface area contributed by atoms with Crippen molar-refractivity contribution >= 4 is 0 Å². The molecule has 0 bridgehead atoms. The Morgan fingerprint density at radius 3 is 1.91 bits per heavy atom. The third kappa shape index (κ3) is 3.63. The number of rotatable bonds is 1. The largest absolute Gasteiger partial charge is 0.412 e. The zero-order chi connectivity index (χ0) is 8.69. The summed E-state index contributed by atoms with van der Waals surface area (Å²) in [4.78, 5) is 4.47. The van der Waals surface area contributed by atoms with Crippen molar-refractivity contribution in [2.45, 2.75) is 20.8 Å². The van der Waals surface area contributed by atoms with Gasteiger partial charge in [0.15, 0.2) is 0 Å². The molecule has 0 aliphatic heterocycles. The third-order valence-electron chi connectivity index (χ3n) is 1.16. The maximum absolute atomic E-state index is 4.90. The second-order valence-electron chi connectivity index (χ2n) is 1.93. The van der Waals surface area contributed by atoms with Gasteiger partial charge in [0.25, 0.3) is 0 Å². The van der Waals surface area contributed by atoms with Crippen molar-refractivity contribution in [2.75, 3.05) is 0 Å². The van der Waals surface area contributed by atoms with Gasteiger partial charge in [-0.05, 0) is 19.1 Å². The number of hydrogen-bond donors (Lipinski definition) is 1. The van der Waals surface area contributed by atoms with Gasteiger partial charge in [-0.15, -0.1) is 0 Å². The molecule has 0 saturated heterocycles. The van der Waals surface area contributed by atoms with Crippen molar-refractivity contribution in [1.82, 2.24) is 0 Å². The van der Waals surface area contributed by atoms with Crippen LogP contribution >= 0.6 is 0 Å². The van der Waals surface area contributed by atoms with Gasteiger partial charge in [-0.3, -0.25) is 0 Å². The minimum absolute atomic E-state index is 0.695. The van der Waals surface area contributed by atoms with Crippen molar-refractivity contribution in [3.05, 3.63) is 29.8 Å². The van der Waals surface area contributed by atoms with E-state index in [0.29, 0.717) is 5.75 Å². The molecule has 0 aliphatic carbocycles. The normalized spacial score (nSPS) is 8.00. The molecule has 0 radical (unpaired) electrons. The molecule has 0 saturated carbocycles. The van der Waals surface area contributed by atoms with Crippen LogP contribution in [0.15, 0.2) is 24.3 Å². The molecular weight excluding hydrogens is 138 g/mol. The average Bonchev–Trinajstić information content (AvgIpc) is 2.10. The molecule has 2 heteroatoms. The standard InChI is InChI=1S/C7H9NO.C2H6/c1-6-2-4-7(9-8)5-3-6;1-2/h2-5H,8H2,1H3;1-2H3. The van der Waals surface area contributed by atoms with Gasteiger partial charge in [0, 0.05) is 0 Å². The molecule has 0 atom stereocenters. The second-order valence-corrected chi connectivity index (χ2v) is 1.93. The van der Waals surface area contributed by atoms with E-state index in [1.165, 1.54) is 5.56 Å². The van der Waals surface area contributed by atoms with Crippen LogP contribution in [0.25, 0.3) is 0 Å². The maximum Gasteiger partial charge on any atom is 0.146 e. The second kappa shape index (κ2) is 5.74. The van der Waals surface area contributed by atoms with Gasteiger partial charge in [0.1, 0.15) is 5.75 Å². The topological polar surface area (TPSA) is 35.2 Å². The molecule has 0 aliphatic rings. The van der Waals surface area contributed by atoms with Crippen molar-refractivity contribution < 1.29 is 4.84 Å². The van der Waals surface area contributed by atoms with Crippen LogP contribution in [-0.2, 0) is 0 Å². The SMILES string of the molecule is CC.Cc1ccc(ON)cc1. The summed E-state index contributed by atoms with van der Waals surface area (Å²) < 4.78 is 0. The Morgan fingerprint density at radius 2 is 1.55 bits per heavy atom. The van der Waals surface area contributed by atoms with Crippen molar-refractivity contribution in [3.8, 4) is 5.75 Å². The first-order chi connectivity index (χ1) is 5.33.